The molecule has 0 unspecified atom stereocenters. The molecule has 0 fully saturated rings. The second-order valence-corrected chi connectivity index (χ2v) is 4.81. The molecule has 0 saturated carbocycles. The first-order valence-corrected chi connectivity index (χ1v) is 6.91. The number of carbonyl (C=O) groups excluding carboxylic acids is 1. The monoisotopic (exact) mass is 267 g/mol. The van der Waals surface area contributed by atoms with Gasteiger partial charge in [-0.05, 0) is 37.3 Å². The highest BCUT2D eigenvalue weighted by Gasteiger charge is 2.09. The fourth-order valence-electron chi connectivity index (χ4n) is 1.51. The number of aliphatic carboxylic acids is 1. The summed E-state index contributed by atoms with van der Waals surface area (Å²) < 4.78 is 0. The summed E-state index contributed by atoms with van der Waals surface area (Å²) in [6.07, 6.45) is 2.48. The molecule has 98 valence electrons. The molecule has 0 atom stereocenters. The van der Waals surface area contributed by atoms with E-state index >= 15 is 0 Å². The third kappa shape index (κ3) is 4.41. The second kappa shape index (κ2) is 7.06. The summed E-state index contributed by atoms with van der Waals surface area (Å²) in [4.78, 5) is 23.3. The Kier molecular flexibility index (Phi) is 5.71. The fraction of sp³-hybridized carbons (Fsp3) is 0.385. The van der Waals surface area contributed by atoms with Gasteiger partial charge in [0.2, 0.25) is 0 Å². The lowest BCUT2D eigenvalue weighted by atomic mass is 10.1. The molecular formula is C13H17NO3S. The van der Waals surface area contributed by atoms with Crippen LogP contribution in [0.5, 0.6) is 0 Å². The predicted molar refractivity (Wildman–Crippen MR) is 72.2 cm³/mol. The molecule has 0 aromatic heterocycles. The van der Waals surface area contributed by atoms with E-state index in [0.29, 0.717) is 18.5 Å². The molecule has 1 aromatic carbocycles. The Hall–Kier alpha value is -1.49. The largest absolute Gasteiger partial charge is 0.481 e. The molecule has 0 saturated heterocycles. The van der Waals surface area contributed by atoms with Crippen molar-refractivity contribution in [3.63, 3.8) is 0 Å². The lowest BCUT2D eigenvalue weighted by molar-refractivity contribution is -0.137. The molecule has 0 spiro atoms. The Bertz CT molecular complexity index is 446. The first kappa shape index (κ1) is 14.6. The van der Waals surface area contributed by atoms with Crippen molar-refractivity contribution in [3.8, 4) is 0 Å². The molecule has 4 nitrogen and oxygen atoms in total. The van der Waals surface area contributed by atoms with E-state index in [0.717, 1.165) is 10.5 Å². The van der Waals surface area contributed by atoms with Crippen molar-refractivity contribution in [3.05, 3.63) is 29.3 Å². The van der Waals surface area contributed by atoms with Crippen LogP contribution in [-0.4, -0.2) is 29.8 Å². The summed E-state index contributed by atoms with van der Waals surface area (Å²) in [5.41, 5.74) is 1.57. The van der Waals surface area contributed by atoms with Gasteiger partial charge in [-0.2, -0.15) is 0 Å². The summed E-state index contributed by atoms with van der Waals surface area (Å²) in [5.74, 6) is -0.987. The highest BCUT2D eigenvalue weighted by molar-refractivity contribution is 7.98. The van der Waals surface area contributed by atoms with Gasteiger partial charge < -0.3 is 10.4 Å². The predicted octanol–water partition coefficient (Wildman–Crippen LogP) is 2.31. The number of nitrogens with one attached hydrogen (secondary N) is 1. The maximum Gasteiger partial charge on any atom is 0.303 e. The highest BCUT2D eigenvalue weighted by Crippen LogP contribution is 2.18. The minimum Gasteiger partial charge on any atom is -0.481 e. The maximum atomic E-state index is 11.9. The van der Waals surface area contributed by atoms with Gasteiger partial charge in [0.1, 0.15) is 0 Å². The summed E-state index contributed by atoms with van der Waals surface area (Å²) in [7, 11) is 0. The fourth-order valence-corrected chi connectivity index (χ4v) is 1.95. The van der Waals surface area contributed by atoms with Gasteiger partial charge in [-0.1, -0.05) is 6.07 Å². The van der Waals surface area contributed by atoms with Gasteiger partial charge in [0, 0.05) is 23.4 Å². The normalized spacial score (nSPS) is 10.1. The number of rotatable bonds is 6. The van der Waals surface area contributed by atoms with Crippen molar-refractivity contribution in [2.45, 2.75) is 24.7 Å². The Morgan fingerprint density at radius 1 is 1.39 bits per heavy atom. The Morgan fingerprint density at radius 3 is 2.72 bits per heavy atom. The lowest BCUT2D eigenvalue weighted by Crippen LogP contribution is -2.25. The Balaban J connectivity index is 2.58. The zero-order valence-corrected chi connectivity index (χ0v) is 11.3. The minimum absolute atomic E-state index is 0.0735. The molecule has 18 heavy (non-hydrogen) atoms. The van der Waals surface area contributed by atoms with Crippen molar-refractivity contribution in [1.82, 2.24) is 5.32 Å². The van der Waals surface area contributed by atoms with Gasteiger partial charge in [-0.25, -0.2) is 0 Å². The summed E-state index contributed by atoms with van der Waals surface area (Å²) in [5, 5.41) is 11.2. The molecule has 1 amide bonds. The van der Waals surface area contributed by atoms with E-state index < -0.39 is 5.97 Å². The quantitative estimate of drug-likeness (QED) is 0.613. The van der Waals surface area contributed by atoms with Crippen molar-refractivity contribution >= 4 is 23.6 Å². The van der Waals surface area contributed by atoms with Crippen LogP contribution in [0.3, 0.4) is 0 Å². The topological polar surface area (TPSA) is 66.4 Å². The first-order valence-electron chi connectivity index (χ1n) is 5.69. The van der Waals surface area contributed by atoms with Gasteiger partial charge in [0.25, 0.3) is 5.91 Å². The summed E-state index contributed by atoms with van der Waals surface area (Å²) in [6.45, 7) is 2.27. The SMILES string of the molecule is CSc1ccc(C)c(C(=O)NCCCC(=O)O)c1. The van der Waals surface area contributed by atoms with E-state index in [9.17, 15) is 9.59 Å². The average molecular weight is 267 g/mol. The molecule has 2 N–H and O–H groups in total. The number of hydrogen-bond acceptors (Lipinski definition) is 3. The molecule has 5 heteroatoms. The van der Waals surface area contributed by atoms with E-state index in [-0.39, 0.29) is 12.3 Å². The van der Waals surface area contributed by atoms with Crippen LogP contribution in [0.2, 0.25) is 0 Å². The number of benzene rings is 1. The Morgan fingerprint density at radius 2 is 2.11 bits per heavy atom. The zero-order chi connectivity index (χ0) is 13.5. The molecule has 1 aromatic rings. The van der Waals surface area contributed by atoms with Crippen LogP contribution in [0.4, 0.5) is 0 Å². The number of hydrogen-bond donors (Lipinski definition) is 2. The van der Waals surface area contributed by atoms with E-state index in [4.69, 9.17) is 5.11 Å². The lowest BCUT2D eigenvalue weighted by Gasteiger charge is -2.08. The minimum atomic E-state index is -0.843. The van der Waals surface area contributed by atoms with Gasteiger partial charge in [0.15, 0.2) is 0 Å². The maximum absolute atomic E-state index is 11.9. The van der Waals surface area contributed by atoms with Crippen molar-refractivity contribution in [2.75, 3.05) is 12.8 Å². The molecule has 0 heterocycles. The van der Waals surface area contributed by atoms with Crippen LogP contribution in [0.15, 0.2) is 23.1 Å². The molecule has 0 aliphatic heterocycles. The standard InChI is InChI=1S/C13H17NO3S/c1-9-5-6-10(18-2)8-11(9)13(17)14-7-3-4-12(15)16/h5-6,8H,3-4,7H2,1-2H3,(H,14,17)(H,15,16). The van der Waals surface area contributed by atoms with E-state index in [1.54, 1.807) is 11.8 Å². The third-order valence-corrected chi connectivity index (χ3v) is 3.27. The smallest absolute Gasteiger partial charge is 0.303 e. The third-order valence-electron chi connectivity index (χ3n) is 2.54. The van der Waals surface area contributed by atoms with Gasteiger partial charge in [-0.3, -0.25) is 9.59 Å². The number of aryl methyl sites for hydroxylation is 1. The molecule has 0 radical (unpaired) electrons. The molecule has 0 aliphatic rings. The van der Waals surface area contributed by atoms with Crippen LogP contribution in [-0.2, 0) is 4.79 Å². The number of carboxylic acids is 1. The highest BCUT2D eigenvalue weighted by atomic mass is 32.2. The van der Waals surface area contributed by atoms with Crippen molar-refractivity contribution in [2.24, 2.45) is 0 Å². The van der Waals surface area contributed by atoms with Crippen LogP contribution >= 0.6 is 11.8 Å². The van der Waals surface area contributed by atoms with E-state index in [2.05, 4.69) is 5.32 Å². The number of carboxylic acid groups (broad SMARTS) is 1. The summed E-state index contributed by atoms with van der Waals surface area (Å²) in [6, 6.07) is 5.74. The van der Waals surface area contributed by atoms with Crippen LogP contribution in [0.1, 0.15) is 28.8 Å². The van der Waals surface area contributed by atoms with Crippen molar-refractivity contribution < 1.29 is 14.7 Å². The average Bonchev–Trinajstić information content (AvgIpc) is 2.34. The molecule has 0 bridgehead atoms. The van der Waals surface area contributed by atoms with Gasteiger partial charge in [0.05, 0.1) is 0 Å². The molecular weight excluding hydrogens is 250 g/mol. The number of amides is 1. The van der Waals surface area contributed by atoms with Gasteiger partial charge in [-0.15, -0.1) is 11.8 Å². The molecule has 1 rings (SSSR count). The van der Waals surface area contributed by atoms with Gasteiger partial charge >= 0.3 is 5.97 Å². The second-order valence-electron chi connectivity index (χ2n) is 3.93. The summed E-state index contributed by atoms with van der Waals surface area (Å²) >= 11 is 1.58. The number of carbonyl (C=O) groups is 2. The molecule has 0 aliphatic carbocycles. The van der Waals surface area contributed by atoms with Crippen LogP contribution in [0, 0.1) is 6.92 Å². The van der Waals surface area contributed by atoms with Crippen molar-refractivity contribution in [1.29, 1.82) is 0 Å². The number of thioether (sulfide) groups is 1. The van der Waals surface area contributed by atoms with Crippen LogP contribution < -0.4 is 5.32 Å². The zero-order valence-electron chi connectivity index (χ0n) is 10.5. The van der Waals surface area contributed by atoms with E-state index in [1.165, 1.54) is 0 Å². The Labute approximate surface area is 111 Å². The first-order chi connectivity index (χ1) is 8.54. The van der Waals surface area contributed by atoms with Crippen LogP contribution in [0.25, 0.3) is 0 Å². The van der Waals surface area contributed by atoms with E-state index in [1.807, 2.05) is 31.4 Å².